The first kappa shape index (κ1) is 21.0. The molecule has 4 heterocycles. The Balaban J connectivity index is 1.53. The zero-order valence-corrected chi connectivity index (χ0v) is 18.5. The fourth-order valence-electron chi connectivity index (χ4n) is 4.09. The van der Waals surface area contributed by atoms with Crippen LogP contribution in [0.25, 0.3) is 22.6 Å². The lowest BCUT2D eigenvalue weighted by Crippen LogP contribution is -2.34. The molecule has 2 fully saturated rings. The van der Waals surface area contributed by atoms with Gasteiger partial charge in [-0.3, -0.25) is 0 Å². The van der Waals surface area contributed by atoms with E-state index in [9.17, 15) is 4.39 Å². The van der Waals surface area contributed by atoms with Gasteiger partial charge >= 0.3 is 0 Å². The van der Waals surface area contributed by atoms with Crippen molar-refractivity contribution >= 4 is 5.95 Å². The van der Waals surface area contributed by atoms with Gasteiger partial charge in [0.25, 0.3) is 0 Å². The van der Waals surface area contributed by atoms with Crippen LogP contribution in [-0.4, -0.2) is 46.2 Å². The second-order valence-corrected chi connectivity index (χ2v) is 9.26. The lowest BCUT2D eigenvalue weighted by Gasteiger charge is -2.33. The molecule has 7 nitrogen and oxygen atoms in total. The minimum Gasteiger partial charge on any atom is -0.345 e. The number of piperidine rings is 1. The van der Waals surface area contributed by atoms with E-state index in [2.05, 4.69) is 28.7 Å². The number of hydrogen-bond acceptors (Lipinski definition) is 6. The van der Waals surface area contributed by atoms with Crippen LogP contribution in [0.3, 0.4) is 0 Å². The van der Waals surface area contributed by atoms with Crippen LogP contribution < -0.4 is 4.90 Å². The number of nitrogens with zero attached hydrogens (tertiary/aromatic N) is 4. The van der Waals surface area contributed by atoms with E-state index in [1.54, 1.807) is 18.3 Å². The number of rotatable bonds is 4. The van der Waals surface area contributed by atoms with Gasteiger partial charge in [-0.1, -0.05) is 13.8 Å². The average Bonchev–Trinajstić information content (AvgIpc) is 3.26. The highest BCUT2D eigenvalue weighted by molar-refractivity contribution is 5.77. The smallest absolute Gasteiger partial charge is 0.225 e. The first-order chi connectivity index (χ1) is 15.5. The highest BCUT2D eigenvalue weighted by Crippen LogP contribution is 2.35. The number of anilines is 1. The number of ether oxygens (including phenoxy) is 2. The summed E-state index contributed by atoms with van der Waals surface area (Å²) in [7, 11) is 0. The lowest BCUT2D eigenvalue weighted by molar-refractivity contribution is -0.229. The predicted octanol–water partition coefficient (Wildman–Crippen LogP) is 4.73. The number of imidazole rings is 1. The van der Waals surface area contributed by atoms with Crippen LogP contribution in [0.4, 0.5) is 10.3 Å². The summed E-state index contributed by atoms with van der Waals surface area (Å²) in [4.78, 5) is 19.7. The monoisotopic (exact) mass is 437 g/mol. The zero-order valence-electron chi connectivity index (χ0n) is 18.5. The van der Waals surface area contributed by atoms with Gasteiger partial charge in [-0.2, -0.15) is 0 Å². The summed E-state index contributed by atoms with van der Waals surface area (Å²) < 4.78 is 25.4. The third-order valence-electron chi connectivity index (χ3n) is 5.85. The first-order valence-electron chi connectivity index (χ1n) is 11.2. The summed E-state index contributed by atoms with van der Waals surface area (Å²) >= 11 is 0. The Labute approximate surface area is 187 Å². The van der Waals surface area contributed by atoms with Crippen molar-refractivity contribution in [1.82, 2.24) is 19.9 Å². The van der Waals surface area contributed by atoms with Crippen LogP contribution in [0, 0.1) is 11.2 Å². The minimum atomic E-state index is -0.584. The molecule has 8 heteroatoms. The summed E-state index contributed by atoms with van der Waals surface area (Å²) in [5.41, 5.74) is 2.90. The molecule has 2 aliphatic heterocycles. The van der Waals surface area contributed by atoms with Crippen molar-refractivity contribution in [2.75, 3.05) is 31.2 Å². The Morgan fingerprint density at radius 3 is 2.44 bits per heavy atom. The molecule has 0 unspecified atom stereocenters. The summed E-state index contributed by atoms with van der Waals surface area (Å²) in [6.45, 7) is 7.27. The van der Waals surface area contributed by atoms with Crippen molar-refractivity contribution in [3.8, 4) is 22.6 Å². The van der Waals surface area contributed by atoms with Crippen LogP contribution in [0.2, 0.25) is 0 Å². The second-order valence-electron chi connectivity index (χ2n) is 9.26. The van der Waals surface area contributed by atoms with E-state index in [-0.39, 0.29) is 11.2 Å². The predicted molar refractivity (Wildman–Crippen MR) is 119 cm³/mol. The number of aromatic nitrogens is 4. The van der Waals surface area contributed by atoms with Crippen molar-refractivity contribution in [2.24, 2.45) is 5.41 Å². The maximum Gasteiger partial charge on any atom is 0.225 e. The molecular formula is C24H28FN5O2. The van der Waals surface area contributed by atoms with Gasteiger partial charge in [-0.25, -0.2) is 19.3 Å². The third-order valence-corrected chi connectivity index (χ3v) is 5.85. The summed E-state index contributed by atoms with van der Waals surface area (Å²) in [5, 5.41) is 0. The van der Waals surface area contributed by atoms with Gasteiger partial charge in [-0.15, -0.1) is 0 Å². The first-order valence-corrected chi connectivity index (χ1v) is 11.2. The number of aromatic amines is 1. The number of nitrogens with one attached hydrogen (secondary N) is 1. The van der Waals surface area contributed by atoms with Crippen LogP contribution in [0.1, 0.15) is 45.2 Å². The molecule has 0 radical (unpaired) electrons. The Hall–Kier alpha value is -2.84. The maximum atomic E-state index is 13.6. The quantitative estimate of drug-likeness (QED) is 0.636. The van der Waals surface area contributed by atoms with Crippen molar-refractivity contribution in [3.05, 3.63) is 48.2 Å². The molecule has 0 saturated carbocycles. The van der Waals surface area contributed by atoms with E-state index in [0.717, 1.165) is 48.8 Å². The number of hydrogen-bond donors (Lipinski definition) is 1. The molecule has 168 valence electrons. The molecule has 0 bridgehead atoms. The number of H-pyrrole nitrogens is 1. The van der Waals surface area contributed by atoms with E-state index in [1.165, 1.54) is 18.6 Å². The molecule has 0 atom stereocenters. The average molecular weight is 438 g/mol. The normalized spacial score (nSPS) is 19.3. The highest BCUT2D eigenvalue weighted by Gasteiger charge is 2.32. The second kappa shape index (κ2) is 8.60. The molecule has 32 heavy (non-hydrogen) atoms. The molecule has 2 saturated heterocycles. The summed E-state index contributed by atoms with van der Waals surface area (Å²) in [5.74, 6) is 1.00. The SMILES string of the molecule is CC1(C)COC(c2nc(-c3ccc(F)cc3)c(-c3ccnc(N4CCCCC4)n3)[nH]2)OC1. The molecule has 2 aromatic heterocycles. The third kappa shape index (κ3) is 4.38. The maximum absolute atomic E-state index is 13.6. The fourth-order valence-corrected chi connectivity index (χ4v) is 4.09. The van der Waals surface area contributed by atoms with E-state index in [1.807, 2.05) is 6.07 Å². The van der Waals surface area contributed by atoms with E-state index >= 15 is 0 Å². The van der Waals surface area contributed by atoms with Gasteiger partial charge in [0.2, 0.25) is 12.2 Å². The van der Waals surface area contributed by atoms with Gasteiger partial charge in [-0.05, 0) is 49.6 Å². The van der Waals surface area contributed by atoms with E-state index < -0.39 is 6.29 Å². The summed E-state index contributed by atoms with van der Waals surface area (Å²) in [6, 6.07) is 8.17. The van der Waals surface area contributed by atoms with E-state index in [4.69, 9.17) is 19.4 Å². The molecule has 2 aliphatic rings. The highest BCUT2D eigenvalue weighted by atomic mass is 19.1. The Bertz CT molecular complexity index is 1070. The molecule has 3 aromatic rings. The van der Waals surface area contributed by atoms with Crippen molar-refractivity contribution in [2.45, 2.75) is 39.4 Å². The Morgan fingerprint density at radius 1 is 1.00 bits per heavy atom. The summed E-state index contributed by atoms with van der Waals surface area (Å²) in [6.07, 6.45) is 4.73. The standard InChI is InChI=1S/C24H28FN5O2/c1-24(2)14-31-22(32-15-24)21-28-19(16-6-8-17(25)9-7-16)20(29-21)18-10-11-26-23(27-18)30-12-4-3-5-13-30/h6-11,22H,3-5,12-15H2,1-2H3,(H,28,29). The molecule has 1 aromatic carbocycles. The molecule has 0 aliphatic carbocycles. The fraction of sp³-hybridized carbons (Fsp3) is 0.458. The molecule has 5 rings (SSSR count). The van der Waals surface area contributed by atoms with Gasteiger partial charge in [0.1, 0.15) is 5.82 Å². The van der Waals surface area contributed by atoms with Gasteiger partial charge in [0, 0.05) is 30.3 Å². The van der Waals surface area contributed by atoms with Gasteiger partial charge in [0.05, 0.1) is 30.3 Å². The lowest BCUT2D eigenvalue weighted by atomic mass is 9.96. The van der Waals surface area contributed by atoms with Crippen molar-refractivity contribution in [1.29, 1.82) is 0 Å². The molecule has 0 spiro atoms. The molecule has 0 amide bonds. The minimum absolute atomic E-state index is 0.0400. The molecular weight excluding hydrogens is 409 g/mol. The molecule has 1 N–H and O–H groups in total. The van der Waals surface area contributed by atoms with Crippen LogP contribution in [0.15, 0.2) is 36.5 Å². The van der Waals surface area contributed by atoms with Crippen LogP contribution in [0.5, 0.6) is 0 Å². The Morgan fingerprint density at radius 2 is 1.72 bits per heavy atom. The van der Waals surface area contributed by atoms with Gasteiger partial charge in [0.15, 0.2) is 5.82 Å². The van der Waals surface area contributed by atoms with Crippen LogP contribution in [-0.2, 0) is 9.47 Å². The largest absolute Gasteiger partial charge is 0.345 e. The number of halogens is 1. The van der Waals surface area contributed by atoms with Crippen LogP contribution >= 0.6 is 0 Å². The Kier molecular flexibility index (Phi) is 5.65. The topological polar surface area (TPSA) is 76.2 Å². The number of benzene rings is 1. The van der Waals surface area contributed by atoms with Crippen molar-refractivity contribution < 1.29 is 13.9 Å². The van der Waals surface area contributed by atoms with Gasteiger partial charge < -0.3 is 19.4 Å². The zero-order chi connectivity index (χ0) is 22.1. The van der Waals surface area contributed by atoms with Crippen molar-refractivity contribution in [3.63, 3.8) is 0 Å². The van der Waals surface area contributed by atoms with E-state index in [0.29, 0.717) is 24.7 Å².